The minimum Gasteiger partial charge on any atom is -0.348 e. The Kier molecular flexibility index (Phi) is 4.40. The summed E-state index contributed by atoms with van der Waals surface area (Å²) < 4.78 is 1.22. The van der Waals surface area contributed by atoms with E-state index in [0.29, 0.717) is 28.7 Å². The lowest BCUT2D eigenvalue weighted by atomic mass is 10.2. The molecule has 0 saturated heterocycles. The first-order valence-electron chi connectivity index (χ1n) is 8.35. The van der Waals surface area contributed by atoms with Crippen LogP contribution in [0.4, 0.5) is 0 Å². The van der Waals surface area contributed by atoms with Gasteiger partial charge in [-0.05, 0) is 48.0 Å². The molecular weight excluding hydrogens is 342 g/mol. The molecule has 7 heteroatoms. The molecule has 4 rings (SSSR count). The van der Waals surface area contributed by atoms with Crippen LogP contribution < -0.4 is 10.9 Å². The first-order chi connectivity index (χ1) is 13.2. The summed E-state index contributed by atoms with van der Waals surface area (Å²) in [5, 5.41) is 11.4. The number of hydrogen-bond acceptors (Lipinski definition) is 5. The molecule has 2 heterocycles. The summed E-state index contributed by atoms with van der Waals surface area (Å²) in [5.41, 5.74) is 2.24. The highest BCUT2D eigenvalue weighted by Crippen LogP contribution is 2.10. The van der Waals surface area contributed by atoms with Crippen molar-refractivity contribution in [1.82, 2.24) is 25.3 Å². The lowest BCUT2D eigenvalue weighted by Crippen LogP contribution is -2.24. The van der Waals surface area contributed by atoms with Gasteiger partial charge in [0.05, 0.1) is 11.1 Å². The van der Waals surface area contributed by atoms with Crippen LogP contribution in [-0.4, -0.2) is 25.9 Å². The maximum absolute atomic E-state index is 12.6. The molecule has 1 N–H and O–H groups in total. The van der Waals surface area contributed by atoms with Gasteiger partial charge < -0.3 is 5.32 Å². The summed E-state index contributed by atoms with van der Waals surface area (Å²) in [6, 6.07) is 17.4. The summed E-state index contributed by atoms with van der Waals surface area (Å²) >= 11 is 0. The van der Waals surface area contributed by atoms with Crippen LogP contribution in [0, 0.1) is 0 Å². The summed E-state index contributed by atoms with van der Waals surface area (Å²) in [6.45, 7) is 0.393. The number of pyridine rings is 1. The normalized spacial score (nSPS) is 10.7. The topological polar surface area (TPSA) is 89.8 Å². The second-order valence-electron chi connectivity index (χ2n) is 5.91. The molecule has 2 aromatic carbocycles. The van der Waals surface area contributed by atoms with Crippen molar-refractivity contribution in [2.45, 2.75) is 6.54 Å². The van der Waals surface area contributed by atoms with Gasteiger partial charge in [0, 0.05) is 24.5 Å². The van der Waals surface area contributed by atoms with Crippen LogP contribution in [0.1, 0.15) is 15.9 Å². The van der Waals surface area contributed by atoms with Gasteiger partial charge in [0.1, 0.15) is 5.52 Å². The van der Waals surface area contributed by atoms with E-state index >= 15 is 0 Å². The number of fused-ring (bicyclic) bond motifs is 1. The van der Waals surface area contributed by atoms with Crippen molar-refractivity contribution in [3.8, 4) is 5.69 Å². The number of aromatic nitrogens is 4. The highest BCUT2D eigenvalue weighted by atomic mass is 16.1. The zero-order valence-electron chi connectivity index (χ0n) is 14.2. The average molecular weight is 357 g/mol. The highest BCUT2D eigenvalue weighted by Gasteiger charge is 2.09. The Labute approximate surface area is 154 Å². The maximum atomic E-state index is 12.6. The van der Waals surface area contributed by atoms with Crippen molar-refractivity contribution < 1.29 is 4.79 Å². The van der Waals surface area contributed by atoms with Crippen molar-refractivity contribution >= 4 is 16.8 Å². The molecule has 1 amide bonds. The van der Waals surface area contributed by atoms with E-state index in [1.54, 1.807) is 60.9 Å². The molecule has 132 valence electrons. The average Bonchev–Trinajstić information content (AvgIpc) is 2.73. The van der Waals surface area contributed by atoms with E-state index in [2.05, 4.69) is 20.6 Å². The fraction of sp³-hybridized carbons (Fsp3) is 0.0500. The molecule has 0 aliphatic heterocycles. The molecule has 0 fully saturated rings. The van der Waals surface area contributed by atoms with Gasteiger partial charge in [-0.1, -0.05) is 23.4 Å². The Morgan fingerprint density at radius 2 is 1.81 bits per heavy atom. The predicted molar refractivity (Wildman–Crippen MR) is 101 cm³/mol. The van der Waals surface area contributed by atoms with Gasteiger partial charge in [-0.25, -0.2) is 0 Å². The molecule has 0 aliphatic rings. The van der Waals surface area contributed by atoms with E-state index < -0.39 is 0 Å². The zero-order valence-corrected chi connectivity index (χ0v) is 14.2. The monoisotopic (exact) mass is 357 g/mol. The number of nitrogens with zero attached hydrogens (tertiary/aromatic N) is 4. The Morgan fingerprint density at radius 3 is 2.59 bits per heavy atom. The summed E-state index contributed by atoms with van der Waals surface area (Å²) in [4.78, 5) is 28.9. The minimum absolute atomic E-state index is 0.206. The summed E-state index contributed by atoms with van der Waals surface area (Å²) in [6.07, 6.45) is 3.38. The van der Waals surface area contributed by atoms with Gasteiger partial charge >= 0.3 is 0 Å². The second kappa shape index (κ2) is 7.17. The molecule has 0 radical (unpaired) electrons. The van der Waals surface area contributed by atoms with E-state index in [4.69, 9.17) is 0 Å². The van der Waals surface area contributed by atoms with Gasteiger partial charge in [0.2, 0.25) is 0 Å². The van der Waals surface area contributed by atoms with Gasteiger partial charge in [-0.15, -0.1) is 5.10 Å². The van der Waals surface area contributed by atoms with Gasteiger partial charge in [-0.3, -0.25) is 14.6 Å². The quantitative estimate of drug-likeness (QED) is 0.604. The molecular formula is C20H15N5O2. The van der Waals surface area contributed by atoms with Crippen LogP contribution in [0.15, 0.2) is 77.9 Å². The van der Waals surface area contributed by atoms with Gasteiger partial charge in [0.25, 0.3) is 11.5 Å². The van der Waals surface area contributed by atoms with Gasteiger partial charge in [-0.2, -0.15) is 4.68 Å². The molecule has 0 unspecified atom stereocenters. The number of hydrogen-bond donors (Lipinski definition) is 1. The molecule has 0 spiro atoms. The van der Waals surface area contributed by atoms with Crippen LogP contribution in [0.3, 0.4) is 0 Å². The number of rotatable bonds is 4. The molecule has 0 bridgehead atoms. The molecule has 27 heavy (non-hydrogen) atoms. The number of carbonyl (C=O) groups excluding carboxylic acids is 1. The van der Waals surface area contributed by atoms with Crippen molar-refractivity contribution in [3.63, 3.8) is 0 Å². The van der Waals surface area contributed by atoms with Crippen LogP contribution >= 0.6 is 0 Å². The molecule has 0 atom stereocenters. The minimum atomic E-state index is -0.255. The van der Waals surface area contributed by atoms with Crippen LogP contribution in [0.2, 0.25) is 0 Å². The fourth-order valence-electron chi connectivity index (χ4n) is 2.70. The largest absolute Gasteiger partial charge is 0.348 e. The summed E-state index contributed by atoms with van der Waals surface area (Å²) in [7, 11) is 0. The van der Waals surface area contributed by atoms with Crippen molar-refractivity contribution in [2.24, 2.45) is 0 Å². The Balaban J connectivity index is 1.55. The third-order valence-electron chi connectivity index (χ3n) is 4.12. The molecule has 7 nitrogen and oxygen atoms in total. The maximum Gasteiger partial charge on any atom is 0.282 e. The number of nitrogens with one attached hydrogen (secondary N) is 1. The zero-order chi connectivity index (χ0) is 18.6. The standard InChI is InChI=1S/C20H15N5O2/c26-19(22-13-14-4-3-11-21-12-14)15-7-9-16(10-8-15)25-20(27)17-5-1-2-6-18(17)23-24-25/h1-12H,13H2,(H,22,26). The molecule has 4 aromatic rings. The van der Waals surface area contributed by atoms with E-state index in [-0.39, 0.29) is 11.5 Å². The van der Waals surface area contributed by atoms with E-state index in [9.17, 15) is 9.59 Å². The lowest BCUT2D eigenvalue weighted by molar-refractivity contribution is 0.0951. The van der Waals surface area contributed by atoms with E-state index in [0.717, 1.165) is 5.56 Å². The molecule has 2 aromatic heterocycles. The van der Waals surface area contributed by atoms with Crippen LogP contribution in [0.5, 0.6) is 0 Å². The van der Waals surface area contributed by atoms with Crippen molar-refractivity contribution in [2.75, 3.05) is 0 Å². The van der Waals surface area contributed by atoms with Crippen LogP contribution in [0.25, 0.3) is 16.6 Å². The number of amides is 1. The third-order valence-corrected chi connectivity index (χ3v) is 4.12. The Hall–Kier alpha value is -3.87. The Morgan fingerprint density at radius 1 is 1.00 bits per heavy atom. The highest BCUT2D eigenvalue weighted by molar-refractivity contribution is 5.94. The van der Waals surface area contributed by atoms with Crippen molar-refractivity contribution in [3.05, 3.63) is 94.5 Å². The number of carbonyl (C=O) groups is 1. The smallest absolute Gasteiger partial charge is 0.282 e. The molecule has 0 aliphatic carbocycles. The van der Waals surface area contributed by atoms with Crippen LogP contribution in [-0.2, 0) is 6.54 Å². The third kappa shape index (κ3) is 3.43. The predicted octanol–water partition coefficient (Wildman–Crippen LogP) is 2.11. The van der Waals surface area contributed by atoms with E-state index in [1.807, 2.05) is 12.1 Å². The number of benzene rings is 2. The molecule has 0 saturated carbocycles. The lowest BCUT2D eigenvalue weighted by Gasteiger charge is -2.07. The fourth-order valence-corrected chi connectivity index (χ4v) is 2.70. The first kappa shape index (κ1) is 16.6. The Bertz CT molecular complexity index is 1150. The van der Waals surface area contributed by atoms with Gasteiger partial charge in [0.15, 0.2) is 0 Å². The SMILES string of the molecule is O=C(NCc1cccnc1)c1ccc(-n2nnc3ccccc3c2=O)cc1. The van der Waals surface area contributed by atoms with E-state index in [1.165, 1.54) is 4.68 Å². The summed E-state index contributed by atoms with van der Waals surface area (Å²) in [5.74, 6) is -0.206. The first-order valence-corrected chi connectivity index (χ1v) is 8.35. The van der Waals surface area contributed by atoms with Crippen molar-refractivity contribution in [1.29, 1.82) is 0 Å². The second-order valence-corrected chi connectivity index (χ2v) is 5.91.